The maximum Gasteiger partial charge on any atom is 1.00 e. The fraction of sp³-hybridized carbons (Fsp3) is 0. The van der Waals surface area contributed by atoms with E-state index in [9.17, 15) is 0 Å². The van der Waals surface area contributed by atoms with E-state index in [4.69, 9.17) is 0 Å². The molecule has 2 heterocycles. The quantitative estimate of drug-likeness (QED) is 0.581. The Labute approximate surface area is 121 Å². The van der Waals surface area contributed by atoms with Crippen molar-refractivity contribution in [3.63, 3.8) is 0 Å². The molecule has 2 aromatic heterocycles. The minimum absolute atomic E-state index is 0. The van der Waals surface area contributed by atoms with Gasteiger partial charge in [-0.3, -0.25) is 4.98 Å². The van der Waals surface area contributed by atoms with Gasteiger partial charge in [0.15, 0.2) is 0 Å². The summed E-state index contributed by atoms with van der Waals surface area (Å²) in [7, 11) is 0. The predicted molar refractivity (Wildman–Crippen MR) is 40.6 cm³/mol. The van der Waals surface area contributed by atoms with E-state index in [2.05, 4.69) is 31.1 Å². The topological polar surface area (TPSA) is 39.9 Å². The van der Waals surface area contributed by atoms with Crippen LogP contribution in [0.5, 0.6) is 0 Å². The van der Waals surface area contributed by atoms with Crippen LogP contribution in [0.25, 0.3) is 11.0 Å². The number of hydrogen-bond acceptors (Lipinski definition) is 2. The van der Waals surface area contributed by atoms with Crippen molar-refractivity contribution in [3.8, 4) is 0 Å². The summed E-state index contributed by atoms with van der Waals surface area (Å²) in [6.07, 6.45) is 3.37. The van der Waals surface area contributed by atoms with Crippen LogP contribution in [0.4, 0.5) is 0 Å². The van der Waals surface area contributed by atoms with Crippen LogP contribution in [-0.4, -0.2) is 10.1 Å². The largest absolute Gasteiger partial charge is 1.00 e. The van der Waals surface area contributed by atoms with Gasteiger partial charge in [-0.2, -0.15) is 0 Å². The zero-order chi connectivity index (χ0) is 6.97. The van der Waals surface area contributed by atoms with Gasteiger partial charge in [0.05, 0.1) is 5.52 Å². The van der Waals surface area contributed by atoms with Crippen molar-refractivity contribution in [3.05, 3.63) is 22.9 Å². The molecule has 0 N–H and O–H groups in total. The number of pyridine rings is 1. The number of nitrogens with zero attached hydrogens (tertiary/aromatic N) is 3. The Bertz CT molecular complexity index is 359. The maximum absolute atomic E-state index is 4.07. The van der Waals surface area contributed by atoms with Gasteiger partial charge in [-0.05, 0) is 15.9 Å². The van der Waals surface area contributed by atoms with Crippen LogP contribution in [-0.2, 0) is 0 Å². The molecule has 0 atom stereocenters. The molecule has 11 heavy (non-hydrogen) atoms. The van der Waals surface area contributed by atoms with E-state index >= 15 is 0 Å². The molecular weight excluding hydrogens is 279 g/mol. The molecule has 2 aromatic rings. The van der Waals surface area contributed by atoms with Gasteiger partial charge in [-0.15, -0.1) is 0 Å². The van der Waals surface area contributed by atoms with Crippen LogP contribution < -0.4 is 63.3 Å². The van der Waals surface area contributed by atoms with E-state index < -0.39 is 0 Å². The number of rotatable bonds is 0. The average molecular weight is 282 g/mol. The molecule has 0 aromatic carbocycles. The summed E-state index contributed by atoms with van der Waals surface area (Å²) < 4.78 is 0.931. The van der Waals surface area contributed by atoms with Gasteiger partial charge in [0, 0.05) is 16.9 Å². The van der Waals surface area contributed by atoms with E-state index in [-0.39, 0.29) is 58.2 Å². The molecule has 0 spiro atoms. The number of aromatic nitrogens is 3. The second-order valence-corrected chi connectivity index (χ2v) is 2.82. The molecule has 0 amide bonds. The van der Waals surface area contributed by atoms with Crippen LogP contribution in [0.2, 0.25) is 0 Å². The Balaban J connectivity index is 0.000000605. The van der Waals surface area contributed by atoms with E-state index in [1.54, 1.807) is 12.4 Å². The van der Waals surface area contributed by atoms with Gasteiger partial charge >= 0.3 is 58.2 Å². The van der Waals surface area contributed by atoms with Crippen molar-refractivity contribution in [2.45, 2.75) is 0 Å². The number of fused-ring (bicyclic) bond motifs is 1. The zero-order valence-electron chi connectivity index (χ0n) is 5.95. The molecule has 0 saturated heterocycles. The van der Waals surface area contributed by atoms with Crippen LogP contribution in [0.3, 0.4) is 0 Å². The normalized spacial score (nSPS) is 9.55. The second kappa shape index (κ2) is 4.23. The summed E-state index contributed by atoms with van der Waals surface area (Å²) in [6.45, 7) is 0. The molecule has 0 saturated carbocycles. The molecular formula is C6H3BrN3Rb. The predicted octanol–water partition coefficient (Wildman–Crippen LogP) is -1.65. The van der Waals surface area contributed by atoms with Gasteiger partial charge < -0.3 is 10.2 Å². The molecule has 0 aliphatic carbocycles. The molecule has 0 aliphatic rings. The van der Waals surface area contributed by atoms with Crippen molar-refractivity contribution >= 4 is 27.0 Å². The maximum atomic E-state index is 4.07. The molecule has 0 fully saturated rings. The van der Waals surface area contributed by atoms with E-state index in [0.717, 1.165) is 15.5 Å². The molecule has 0 aliphatic heterocycles. The molecule has 0 unspecified atom stereocenters. The fourth-order valence-corrected chi connectivity index (χ4v) is 1.08. The van der Waals surface area contributed by atoms with Gasteiger partial charge in [0.2, 0.25) is 0 Å². The smallest absolute Gasteiger partial charge is 0.574 e. The Kier molecular flexibility index (Phi) is 3.84. The minimum Gasteiger partial charge on any atom is -0.574 e. The second-order valence-electron chi connectivity index (χ2n) is 1.90. The van der Waals surface area contributed by atoms with E-state index in [1.807, 2.05) is 6.07 Å². The molecule has 50 valence electrons. The molecule has 2 rings (SSSR count). The summed E-state index contributed by atoms with van der Waals surface area (Å²) in [4.78, 5) is 4.07. The van der Waals surface area contributed by atoms with E-state index in [1.165, 1.54) is 0 Å². The van der Waals surface area contributed by atoms with Crippen LogP contribution >= 0.6 is 15.9 Å². The average Bonchev–Trinajstić information content (AvgIpc) is 2.33. The van der Waals surface area contributed by atoms with Crippen molar-refractivity contribution in [1.29, 1.82) is 0 Å². The third kappa shape index (κ3) is 2.18. The van der Waals surface area contributed by atoms with Crippen LogP contribution in [0, 0.1) is 0 Å². The first-order valence-electron chi connectivity index (χ1n) is 2.76. The molecule has 5 heteroatoms. The van der Waals surface area contributed by atoms with Gasteiger partial charge in [0.25, 0.3) is 0 Å². The van der Waals surface area contributed by atoms with Crippen LogP contribution in [0.1, 0.15) is 0 Å². The molecule has 0 bridgehead atoms. The summed E-state index contributed by atoms with van der Waals surface area (Å²) >= 11 is 3.29. The summed E-state index contributed by atoms with van der Waals surface area (Å²) in [5.41, 5.74) is 1.66. The monoisotopic (exact) mass is 281 g/mol. The Hall–Kier alpha value is 0.905. The first kappa shape index (κ1) is 9.99. The SMILES string of the molecule is Brc1cnc2cn[n-]c2c1.[Rb+]. The van der Waals surface area contributed by atoms with Gasteiger partial charge in [-0.1, -0.05) is 11.6 Å². The van der Waals surface area contributed by atoms with Crippen LogP contribution in [0.15, 0.2) is 22.9 Å². The van der Waals surface area contributed by atoms with Gasteiger partial charge in [0.1, 0.15) is 0 Å². The number of hydrogen-bond donors (Lipinski definition) is 0. The van der Waals surface area contributed by atoms with Gasteiger partial charge in [-0.25, -0.2) is 0 Å². The standard InChI is InChI=1S/C6H3BrN3.Rb/c7-4-1-5-6(8-2-4)3-9-10-5;/h1-3H;/q-1;+1. The minimum atomic E-state index is 0. The van der Waals surface area contributed by atoms with Crippen molar-refractivity contribution in [2.75, 3.05) is 0 Å². The first-order chi connectivity index (χ1) is 4.86. The zero-order valence-corrected chi connectivity index (χ0v) is 12.5. The number of halogens is 1. The summed E-state index contributed by atoms with van der Waals surface area (Å²) in [6, 6.07) is 1.88. The fourth-order valence-electron chi connectivity index (χ4n) is 0.764. The first-order valence-corrected chi connectivity index (χ1v) is 3.55. The third-order valence-electron chi connectivity index (χ3n) is 1.21. The molecule has 0 radical (unpaired) electrons. The Morgan fingerprint density at radius 2 is 2.18 bits per heavy atom. The molecule has 3 nitrogen and oxygen atoms in total. The Morgan fingerprint density at radius 1 is 1.36 bits per heavy atom. The third-order valence-corrected chi connectivity index (χ3v) is 1.64. The van der Waals surface area contributed by atoms with Crippen molar-refractivity contribution in [1.82, 2.24) is 15.2 Å². The summed E-state index contributed by atoms with van der Waals surface area (Å²) in [5.74, 6) is 0. The van der Waals surface area contributed by atoms with Crippen molar-refractivity contribution in [2.24, 2.45) is 0 Å². The van der Waals surface area contributed by atoms with E-state index in [0.29, 0.717) is 0 Å². The Morgan fingerprint density at radius 3 is 3.00 bits per heavy atom. The van der Waals surface area contributed by atoms with Crippen molar-refractivity contribution < 1.29 is 58.2 Å². The summed E-state index contributed by atoms with van der Waals surface area (Å²) in [5, 5.41) is 7.55.